The first kappa shape index (κ1) is 16.3. The maximum absolute atomic E-state index is 12.2. The highest BCUT2D eigenvalue weighted by Crippen LogP contribution is 2.27. The fourth-order valence-corrected chi connectivity index (χ4v) is 2.27. The van der Waals surface area contributed by atoms with Crippen molar-refractivity contribution < 1.29 is 4.79 Å². The number of hydrogen-bond donors (Lipinski definition) is 1. The highest BCUT2D eigenvalue weighted by molar-refractivity contribution is 5.99. The quantitative estimate of drug-likeness (QED) is 0.839. The molecule has 0 bridgehead atoms. The van der Waals surface area contributed by atoms with Gasteiger partial charge >= 0.3 is 0 Å². The standard InChI is InChI=1S/C18H25N3O/c1-17(2,3)12-11-15(22)20-16-19-13-9-7-8-10-14(13)21(16)18(4,5)6/h7-12H,1-6H3,(H,19,20,22). The summed E-state index contributed by atoms with van der Waals surface area (Å²) >= 11 is 0. The highest BCUT2D eigenvalue weighted by atomic mass is 16.1. The monoisotopic (exact) mass is 299 g/mol. The Balaban J connectivity index is 2.39. The predicted molar refractivity (Wildman–Crippen MR) is 92.0 cm³/mol. The Morgan fingerprint density at radius 3 is 2.36 bits per heavy atom. The third kappa shape index (κ3) is 3.75. The maximum atomic E-state index is 12.2. The molecule has 4 nitrogen and oxygen atoms in total. The summed E-state index contributed by atoms with van der Waals surface area (Å²) in [5.74, 6) is 0.424. The van der Waals surface area contributed by atoms with Crippen LogP contribution in [0, 0.1) is 5.41 Å². The van der Waals surface area contributed by atoms with Gasteiger partial charge in [-0.3, -0.25) is 10.1 Å². The molecule has 0 unspecified atom stereocenters. The van der Waals surface area contributed by atoms with Crippen molar-refractivity contribution in [2.45, 2.75) is 47.1 Å². The Bertz CT molecular complexity index is 712. The number of nitrogens with one attached hydrogen (secondary N) is 1. The van der Waals surface area contributed by atoms with Gasteiger partial charge < -0.3 is 4.57 Å². The van der Waals surface area contributed by atoms with Crippen molar-refractivity contribution in [1.29, 1.82) is 0 Å². The fraction of sp³-hybridized carbons (Fsp3) is 0.444. The average molecular weight is 299 g/mol. The number of amides is 1. The number of carbonyl (C=O) groups is 1. The minimum atomic E-state index is -0.174. The van der Waals surface area contributed by atoms with E-state index in [-0.39, 0.29) is 16.9 Å². The van der Waals surface area contributed by atoms with Crippen LogP contribution in [0.1, 0.15) is 41.5 Å². The van der Waals surface area contributed by atoms with Gasteiger partial charge in [-0.05, 0) is 44.4 Å². The molecule has 0 aliphatic carbocycles. The molecule has 4 heteroatoms. The van der Waals surface area contributed by atoms with Gasteiger partial charge in [-0.15, -0.1) is 0 Å². The van der Waals surface area contributed by atoms with Crippen molar-refractivity contribution in [1.82, 2.24) is 9.55 Å². The fourth-order valence-electron chi connectivity index (χ4n) is 2.27. The number of anilines is 1. The van der Waals surface area contributed by atoms with Gasteiger partial charge in [-0.1, -0.05) is 39.0 Å². The topological polar surface area (TPSA) is 46.9 Å². The minimum Gasteiger partial charge on any atom is -0.305 e. The highest BCUT2D eigenvalue weighted by Gasteiger charge is 2.22. The summed E-state index contributed by atoms with van der Waals surface area (Å²) in [6.07, 6.45) is 3.47. The largest absolute Gasteiger partial charge is 0.305 e. The van der Waals surface area contributed by atoms with Crippen LogP contribution in [-0.2, 0) is 10.3 Å². The molecule has 1 N–H and O–H groups in total. The van der Waals surface area contributed by atoms with Gasteiger partial charge in [0, 0.05) is 5.54 Å². The zero-order valence-corrected chi connectivity index (χ0v) is 14.3. The van der Waals surface area contributed by atoms with Crippen molar-refractivity contribution >= 4 is 22.9 Å². The van der Waals surface area contributed by atoms with E-state index in [9.17, 15) is 4.79 Å². The SMILES string of the molecule is CC(C)(C)C=CC(=O)Nc1nc2ccccc2n1C(C)(C)C. The van der Waals surface area contributed by atoms with E-state index in [2.05, 4.69) is 56.4 Å². The molecule has 0 saturated heterocycles. The molecule has 0 radical (unpaired) electrons. The van der Waals surface area contributed by atoms with E-state index in [1.54, 1.807) is 6.08 Å². The second-order valence-electron chi connectivity index (χ2n) is 7.62. The molecular formula is C18H25N3O. The Hall–Kier alpha value is -2.10. The number of benzene rings is 1. The Morgan fingerprint density at radius 1 is 1.14 bits per heavy atom. The number of fused-ring (bicyclic) bond motifs is 1. The van der Waals surface area contributed by atoms with E-state index < -0.39 is 0 Å². The molecule has 1 amide bonds. The lowest BCUT2D eigenvalue weighted by Gasteiger charge is -2.24. The third-order valence-corrected chi connectivity index (χ3v) is 3.20. The second-order valence-corrected chi connectivity index (χ2v) is 7.62. The molecular weight excluding hydrogens is 274 g/mol. The van der Waals surface area contributed by atoms with Crippen LogP contribution in [0.3, 0.4) is 0 Å². The number of aromatic nitrogens is 2. The average Bonchev–Trinajstić information content (AvgIpc) is 2.73. The van der Waals surface area contributed by atoms with Crippen LogP contribution in [0.15, 0.2) is 36.4 Å². The van der Waals surface area contributed by atoms with Crippen molar-refractivity contribution in [3.05, 3.63) is 36.4 Å². The normalized spacial score (nSPS) is 13.0. The summed E-state index contributed by atoms with van der Waals surface area (Å²) in [4.78, 5) is 16.7. The van der Waals surface area contributed by atoms with Crippen LogP contribution >= 0.6 is 0 Å². The molecule has 0 spiro atoms. The van der Waals surface area contributed by atoms with Gasteiger partial charge in [0.2, 0.25) is 11.9 Å². The van der Waals surface area contributed by atoms with Crippen molar-refractivity contribution in [2.75, 3.05) is 5.32 Å². The van der Waals surface area contributed by atoms with Crippen LogP contribution in [0.2, 0.25) is 0 Å². The zero-order chi connectivity index (χ0) is 16.5. The molecule has 0 atom stereocenters. The lowest BCUT2D eigenvalue weighted by molar-refractivity contribution is -0.112. The Labute approximate surface area is 132 Å². The predicted octanol–water partition coefficient (Wildman–Crippen LogP) is 4.33. The molecule has 118 valence electrons. The Morgan fingerprint density at radius 2 is 1.77 bits per heavy atom. The van der Waals surface area contributed by atoms with Crippen LogP contribution in [0.25, 0.3) is 11.0 Å². The summed E-state index contributed by atoms with van der Waals surface area (Å²) in [5, 5.41) is 2.91. The number of para-hydroxylation sites is 2. The van der Waals surface area contributed by atoms with Gasteiger partial charge in [-0.2, -0.15) is 0 Å². The van der Waals surface area contributed by atoms with Gasteiger partial charge in [-0.25, -0.2) is 4.98 Å². The van der Waals surface area contributed by atoms with Crippen LogP contribution in [0.5, 0.6) is 0 Å². The molecule has 0 aliphatic heterocycles. The van der Waals surface area contributed by atoms with Crippen LogP contribution in [-0.4, -0.2) is 15.5 Å². The first-order valence-electron chi connectivity index (χ1n) is 7.56. The van der Waals surface area contributed by atoms with Gasteiger partial charge in [0.1, 0.15) is 0 Å². The Kier molecular flexibility index (Phi) is 4.14. The summed E-state index contributed by atoms with van der Waals surface area (Å²) in [7, 11) is 0. The summed E-state index contributed by atoms with van der Waals surface area (Å²) in [5.41, 5.74) is 1.70. The van der Waals surface area contributed by atoms with E-state index in [1.165, 1.54) is 0 Å². The van der Waals surface area contributed by atoms with E-state index in [4.69, 9.17) is 0 Å². The van der Waals surface area contributed by atoms with Crippen LogP contribution < -0.4 is 5.32 Å². The van der Waals surface area contributed by atoms with E-state index in [0.29, 0.717) is 5.95 Å². The molecule has 1 heterocycles. The number of nitrogens with zero attached hydrogens (tertiary/aromatic N) is 2. The number of hydrogen-bond acceptors (Lipinski definition) is 2. The summed E-state index contributed by atoms with van der Waals surface area (Å²) in [6, 6.07) is 7.91. The first-order chi connectivity index (χ1) is 10.1. The number of carbonyl (C=O) groups excluding carboxylic acids is 1. The lowest BCUT2D eigenvalue weighted by Crippen LogP contribution is -2.25. The van der Waals surface area contributed by atoms with Crippen molar-refractivity contribution in [3.8, 4) is 0 Å². The number of rotatable bonds is 2. The summed E-state index contributed by atoms with van der Waals surface area (Å²) < 4.78 is 2.06. The lowest BCUT2D eigenvalue weighted by atomic mass is 9.96. The molecule has 1 aromatic carbocycles. The smallest absolute Gasteiger partial charge is 0.250 e. The number of imidazole rings is 1. The van der Waals surface area contributed by atoms with E-state index in [0.717, 1.165) is 11.0 Å². The van der Waals surface area contributed by atoms with Crippen molar-refractivity contribution in [2.24, 2.45) is 5.41 Å². The summed E-state index contributed by atoms with van der Waals surface area (Å²) in [6.45, 7) is 12.5. The molecule has 2 aromatic rings. The van der Waals surface area contributed by atoms with Crippen molar-refractivity contribution in [3.63, 3.8) is 0 Å². The zero-order valence-electron chi connectivity index (χ0n) is 14.3. The minimum absolute atomic E-state index is 0.0263. The first-order valence-corrected chi connectivity index (χ1v) is 7.56. The molecule has 1 aromatic heterocycles. The second kappa shape index (κ2) is 5.59. The molecule has 0 aliphatic rings. The molecule has 2 rings (SSSR count). The molecule has 0 saturated carbocycles. The van der Waals surface area contributed by atoms with E-state index in [1.807, 2.05) is 30.3 Å². The third-order valence-electron chi connectivity index (χ3n) is 3.20. The van der Waals surface area contributed by atoms with E-state index >= 15 is 0 Å². The number of allylic oxidation sites excluding steroid dienone is 1. The van der Waals surface area contributed by atoms with Gasteiger partial charge in [0.15, 0.2) is 0 Å². The van der Waals surface area contributed by atoms with Crippen LogP contribution in [0.4, 0.5) is 5.95 Å². The molecule has 0 fully saturated rings. The maximum Gasteiger partial charge on any atom is 0.250 e. The molecule has 22 heavy (non-hydrogen) atoms. The van der Waals surface area contributed by atoms with Gasteiger partial charge in [0.05, 0.1) is 11.0 Å². The van der Waals surface area contributed by atoms with Gasteiger partial charge in [0.25, 0.3) is 0 Å².